The van der Waals surface area contributed by atoms with E-state index in [0.717, 1.165) is 29.2 Å². The number of nitrogens with zero attached hydrogens (tertiary/aromatic N) is 1. The van der Waals surface area contributed by atoms with Crippen molar-refractivity contribution < 1.29 is 27.9 Å². The van der Waals surface area contributed by atoms with E-state index < -0.39 is 35.3 Å². The van der Waals surface area contributed by atoms with E-state index in [9.17, 15) is 27.9 Å². The number of β-amino-alcohol motifs (C(OH)–C–C–N with tert-alkyl or cyclic N) is 1. The summed E-state index contributed by atoms with van der Waals surface area (Å²) >= 11 is 0. The molecule has 1 aromatic rings. The van der Waals surface area contributed by atoms with Gasteiger partial charge in [0.2, 0.25) is 0 Å². The SMILES string of the molecule is CC1(C)NC(=O)N(C[C@H](O)c2ccc(C(F)(F)F)cc2)C1=O. The first-order valence-electron chi connectivity index (χ1n) is 6.52. The molecule has 0 aromatic heterocycles. The lowest BCUT2D eigenvalue weighted by atomic mass is 10.0. The summed E-state index contributed by atoms with van der Waals surface area (Å²) in [6, 6.07) is 3.29. The largest absolute Gasteiger partial charge is 0.416 e. The molecule has 0 unspecified atom stereocenters. The first-order valence-corrected chi connectivity index (χ1v) is 6.52. The van der Waals surface area contributed by atoms with Gasteiger partial charge in [0.05, 0.1) is 18.2 Å². The molecule has 0 aliphatic carbocycles. The van der Waals surface area contributed by atoms with Crippen molar-refractivity contribution in [2.45, 2.75) is 31.7 Å². The molecule has 120 valence electrons. The van der Waals surface area contributed by atoms with E-state index in [1.807, 2.05) is 0 Å². The number of alkyl halides is 3. The summed E-state index contributed by atoms with van der Waals surface area (Å²) < 4.78 is 37.4. The van der Waals surface area contributed by atoms with Crippen LogP contribution >= 0.6 is 0 Å². The molecule has 1 fully saturated rings. The molecular weight excluding hydrogens is 301 g/mol. The smallest absolute Gasteiger partial charge is 0.387 e. The Hall–Kier alpha value is -2.09. The first-order chi connectivity index (χ1) is 10.0. The van der Waals surface area contributed by atoms with E-state index >= 15 is 0 Å². The first kappa shape index (κ1) is 16.3. The number of rotatable bonds is 3. The van der Waals surface area contributed by atoms with Gasteiger partial charge in [-0.1, -0.05) is 12.1 Å². The maximum Gasteiger partial charge on any atom is 0.416 e. The zero-order chi connectivity index (χ0) is 16.7. The van der Waals surface area contributed by atoms with E-state index in [-0.39, 0.29) is 12.1 Å². The third kappa shape index (κ3) is 3.06. The minimum absolute atomic E-state index is 0.193. The van der Waals surface area contributed by atoms with Gasteiger partial charge in [0, 0.05) is 0 Å². The molecule has 0 bridgehead atoms. The van der Waals surface area contributed by atoms with E-state index in [2.05, 4.69) is 5.32 Å². The van der Waals surface area contributed by atoms with Crippen molar-refractivity contribution in [1.29, 1.82) is 0 Å². The maximum absolute atomic E-state index is 12.5. The van der Waals surface area contributed by atoms with Crippen molar-refractivity contribution in [2.24, 2.45) is 0 Å². The number of hydrogen-bond acceptors (Lipinski definition) is 3. The molecule has 5 nitrogen and oxygen atoms in total. The highest BCUT2D eigenvalue weighted by atomic mass is 19.4. The number of amides is 3. The summed E-state index contributed by atoms with van der Waals surface area (Å²) in [6.45, 7) is 2.73. The number of hydrogen-bond donors (Lipinski definition) is 2. The number of carbonyl (C=O) groups is 2. The molecular formula is C14H15F3N2O3. The topological polar surface area (TPSA) is 69.6 Å². The molecule has 8 heteroatoms. The van der Waals surface area contributed by atoms with E-state index in [1.54, 1.807) is 0 Å². The number of aliphatic hydroxyl groups excluding tert-OH is 1. The number of benzene rings is 1. The number of nitrogens with one attached hydrogen (secondary N) is 1. The van der Waals surface area contributed by atoms with E-state index in [1.165, 1.54) is 13.8 Å². The van der Waals surface area contributed by atoms with Gasteiger partial charge in [0.15, 0.2) is 0 Å². The molecule has 1 atom stereocenters. The van der Waals surface area contributed by atoms with E-state index in [4.69, 9.17) is 0 Å². The van der Waals surface area contributed by atoms with Crippen LogP contribution < -0.4 is 5.32 Å². The maximum atomic E-state index is 12.5. The van der Waals surface area contributed by atoms with Crippen LogP contribution in [0.1, 0.15) is 31.1 Å². The van der Waals surface area contributed by atoms with Crippen molar-refractivity contribution in [3.8, 4) is 0 Å². The Kier molecular flexibility index (Phi) is 3.90. The van der Waals surface area contributed by atoms with Crippen molar-refractivity contribution >= 4 is 11.9 Å². The summed E-state index contributed by atoms with van der Waals surface area (Å²) in [5.41, 5.74) is -1.70. The Morgan fingerprint density at radius 2 is 1.77 bits per heavy atom. The minimum Gasteiger partial charge on any atom is -0.387 e. The molecule has 2 N–H and O–H groups in total. The van der Waals surface area contributed by atoms with Gasteiger partial charge in [-0.2, -0.15) is 13.2 Å². The second-order valence-electron chi connectivity index (χ2n) is 5.61. The van der Waals surface area contributed by atoms with Gasteiger partial charge in [0.25, 0.3) is 5.91 Å². The summed E-state index contributed by atoms with van der Waals surface area (Å²) in [5.74, 6) is -0.497. The van der Waals surface area contributed by atoms with Crippen LogP contribution in [0.3, 0.4) is 0 Å². The highest BCUT2D eigenvalue weighted by Gasteiger charge is 2.44. The molecule has 1 heterocycles. The number of carbonyl (C=O) groups excluding carboxylic acids is 2. The minimum atomic E-state index is -4.46. The fourth-order valence-corrected chi connectivity index (χ4v) is 2.16. The quantitative estimate of drug-likeness (QED) is 0.839. The van der Waals surface area contributed by atoms with Crippen LogP contribution in [0.2, 0.25) is 0 Å². The standard InChI is InChI=1S/C14H15F3N2O3/c1-13(2)11(21)19(12(22)18-13)7-10(20)8-3-5-9(6-4-8)14(15,16)17/h3-6,10,20H,7H2,1-2H3,(H,18,22)/t10-/m0/s1. The van der Waals surface area contributed by atoms with E-state index in [0.29, 0.717) is 0 Å². The fourth-order valence-electron chi connectivity index (χ4n) is 2.16. The van der Waals surface area contributed by atoms with Crippen LogP contribution in [0.4, 0.5) is 18.0 Å². The molecule has 22 heavy (non-hydrogen) atoms. The zero-order valence-corrected chi connectivity index (χ0v) is 11.9. The van der Waals surface area contributed by atoms with Crippen molar-refractivity contribution in [3.05, 3.63) is 35.4 Å². The number of halogens is 3. The Labute approximate surface area is 124 Å². The molecule has 1 aromatic carbocycles. The summed E-state index contributed by atoms with van der Waals surface area (Å²) in [4.78, 5) is 24.5. The molecule has 1 aliphatic rings. The molecule has 0 spiro atoms. The number of urea groups is 1. The van der Waals surface area contributed by atoms with Crippen LogP contribution in [-0.4, -0.2) is 34.0 Å². The molecule has 1 aliphatic heterocycles. The summed E-state index contributed by atoms with van der Waals surface area (Å²) in [5, 5.41) is 12.5. The average Bonchev–Trinajstić information content (AvgIpc) is 2.60. The lowest BCUT2D eigenvalue weighted by Crippen LogP contribution is -2.40. The lowest BCUT2D eigenvalue weighted by molar-refractivity contribution is -0.137. The van der Waals surface area contributed by atoms with Crippen LogP contribution in [0, 0.1) is 0 Å². The summed E-state index contributed by atoms with van der Waals surface area (Å²) in [6.07, 6.45) is -5.72. The van der Waals surface area contributed by atoms with Crippen LogP contribution in [0.5, 0.6) is 0 Å². The predicted octanol–water partition coefficient (Wildman–Crippen LogP) is 2.07. The Balaban J connectivity index is 2.11. The summed E-state index contributed by atoms with van der Waals surface area (Å²) in [7, 11) is 0. The average molecular weight is 316 g/mol. The van der Waals surface area contributed by atoms with Gasteiger partial charge in [-0.25, -0.2) is 4.79 Å². The monoisotopic (exact) mass is 316 g/mol. The van der Waals surface area contributed by atoms with Crippen LogP contribution in [0.15, 0.2) is 24.3 Å². The van der Waals surface area contributed by atoms with Gasteiger partial charge in [-0.15, -0.1) is 0 Å². The van der Waals surface area contributed by atoms with Gasteiger partial charge in [-0.3, -0.25) is 9.69 Å². The highest BCUT2D eigenvalue weighted by molar-refractivity contribution is 6.06. The van der Waals surface area contributed by atoms with Crippen molar-refractivity contribution in [3.63, 3.8) is 0 Å². The van der Waals surface area contributed by atoms with Gasteiger partial charge in [0.1, 0.15) is 5.54 Å². The van der Waals surface area contributed by atoms with Crippen LogP contribution in [0.25, 0.3) is 0 Å². The van der Waals surface area contributed by atoms with Gasteiger partial charge >= 0.3 is 12.2 Å². The van der Waals surface area contributed by atoms with Crippen molar-refractivity contribution in [1.82, 2.24) is 10.2 Å². The number of imide groups is 1. The molecule has 3 amide bonds. The molecule has 0 radical (unpaired) electrons. The fraction of sp³-hybridized carbons (Fsp3) is 0.429. The molecule has 2 rings (SSSR count). The second kappa shape index (κ2) is 5.28. The third-order valence-corrected chi connectivity index (χ3v) is 3.42. The Morgan fingerprint density at radius 1 is 1.23 bits per heavy atom. The predicted molar refractivity (Wildman–Crippen MR) is 70.7 cm³/mol. The van der Waals surface area contributed by atoms with Crippen molar-refractivity contribution in [2.75, 3.05) is 6.54 Å². The normalized spacial score (nSPS) is 19.3. The van der Waals surface area contributed by atoms with Gasteiger partial charge in [-0.05, 0) is 31.5 Å². The van der Waals surface area contributed by atoms with Crippen LogP contribution in [-0.2, 0) is 11.0 Å². The Morgan fingerprint density at radius 3 is 2.18 bits per heavy atom. The highest BCUT2D eigenvalue weighted by Crippen LogP contribution is 2.30. The zero-order valence-electron chi connectivity index (χ0n) is 11.9. The Bertz CT molecular complexity index is 596. The second-order valence-corrected chi connectivity index (χ2v) is 5.61. The lowest BCUT2D eigenvalue weighted by Gasteiger charge is -2.19. The number of aliphatic hydroxyl groups is 1. The molecule has 0 saturated carbocycles. The molecule has 1 saturated heterocycles. The van der Waals surface area contributed by atoms with Gasteiger partial charge < -0.3 is 10.4 Å². The third-order valence-electron chi connectivity index (χ3n) is 3.42.